The van der Waals surface area contributed by atoms with Crippen LogP contribution in [0.4, 0.5) is 4.79 Å². The summed E-state index contributed by atoms with van der Waals surface area (Å²) in [6.45, 7) is 3.21. The van der Waals surface area contributed by atoms with Crippen LogP contribution in [0.5, 0.6) is 0 Å². The molecule has 34 heavy (non-hydrogen) atoms. The number of hydrogen-bond acceptors (Lipinski definition) is 5. The predicted molar refractivity (Wildman–Crippen MR) is 132 cm³/mol. The first-order valence-electron chi connectivity index (χ1n) is 11.9. The molecule has 1 heterocycles. The molecular weight excluding hydrogens is 430 g/mol. The molecule has 0 spiro atoms. The Morgan fingerprint density at radius 1 is 1.06 bits per heavy atom. The Balaban J connectivity index is 1.62. The van der Waals surface area contributed by atoms with Crippen molar-refractivity contribution in [2.45, 2.75) is 50.7 Å². The summed E-state index contributed by atoms with van der Waals surface area (Å²) in [5.74, 6) is -0.602. The summed E-state index contributed by atoms with van der Waals surface area (Å²) in [5.41, 5.74) is 7.58. The average Bonchev–Trinajstić information content (AvgIpc) is 3.25. The minimum absolute atomic E-state index is 0.0899. The van der Waals surface area contributed by atoms with E-state index in [-0.39, 0.29) is 30.4 Å². The highest BCUT2D eigenvalue weighted by Gasteiger charge is 2.37. The van der Waals surface area contributed by atoms with Gasteiger partial charge in [0.05, 0.1) is 18.6 Å². The SMILES string of the molecule is CCCN1C[C@@H](NC(=O)CN)C[C@@H]1C(=O)NC(=O)NC(CCc1ccccc1)c1ccccc1. The largest absolute Gasteiger partial charge is 0.351 e. The van der Waals surface area contributed by atoms with Crippen molar-refractivity contribution < 1.29 is 14.4 Å². The average molecular weight is 466 g/mol. The summed E-state index contributed by atoms with van der Waals surface area (Å²) in [6, 6.07) is 18.5. The van der Waals surface area contributed by atoms with Crippen LogP contribution < -0.4 is 21.7 Å². The van der Waals surface area contributed by atoms with Gasteiger partial charge in [-0.15, -0.1) is 0 Å². The summed E-state index contributed by atoms with van der Waals surface area (Å²) in [5, 5.41) is 8.37. The number of carbonyl (C=O) groups is 3. The number of carbonyl (C=O) groups excluding carboxylic acids is 3. The van der Waals surface area contributed by atoms with E-state index in [9.17, 15) is 14.4 Å². The number of nitrogens with zero attached hydrogens (tertiary/aromatic N) is 1. The molecule has 0 aromatic heterocycles. The summed E-state index contributed by atoms with van der Waals surface area (Å²) < 4.78 is 0. The summed E-state index contributed by atoms with van der Waals surface area (Å²) in [7, 11) is 0. The zero-order valence-electron chi connectivity index (χ0n) is 19.7. The van der Waals surface area contributed by atoms with E-state index in [1.165, 1.54) is 5.56 Å². The van der Waals surface area contributed by atoms with Crippen molar-refractivity contribution in [3.8, 4) is 0 Å². The van der Waals surface area contributed by atoms with E-state index >= 15 is 0 Å². The van der Waals surface area contributed by atoms with Gasteiger partial charge in [-0.1, -0.05) is 67.6 Å². The van der Waals surface area contributed by atoms with Crippen molar-refractivity contribution in [3.05, 3.63) is 71.8 Å². The molecule has 1 saturated heterocycles. The van der Waals surface area contributed by atoms with Crippen molar-refractivity contribution in [1.29, 1.82) is 0 Å². The Kier molecular flexibility index (Phi) is 9.61. The van der Waals surface area contributed by atoms with Crippen LogP contribution >= 0.6 is 0 Å². The molecule has 0 saturated carbocycles. The molecule has 2 aromatic rings. The Bertz CT molecular complexity index is 938. The first kappa shape index (κ1) is 25.4. The third-order valence-electron chi connectivity index (χ3n) is 6.08. The fraction of sp³-hybridized carbons (Fsp3) is 0.423. The highest BCUT2D eigenvalue weighted by atomic mass is 16.2. The summed E-state index contributed by atoms with van der Waals surface area (Å²) in [6.07, 6.45) is 2.81. The molecule has 3 rings (SSSR count). The van der Waals surface area contributed by atoms with Crippen LogP contribution in [0.2, 0.25) is 0 Å². The molecule has 5 N–H and O–H groups in total. The molecule has 1 unspecified atom stereocenters. The second-order valence-electron chi connectivity index (χ2n) is 8.67. The Morgan fingerprint density at radius 3 is 2.38 bits per heavy atom. The van der Waals surface area contributed by atoms with Crippen LogP contribution in [0.1, 0.15) is 43.4 Å². The number of nitrogens with one attached hydrogen (secondary N) is 3. The number of amides is 4. The maximum Gasteiger partial charge on any atom is 0.321 e. The summed E-state index contributed by atoms with van der Waals surface area (Å²) in [4.78, 5) is 39.5. The highest BCUT2D eigenvalue weighted by molar-refractivity contribution is 5.97. The number of hydrogen-bond donors (Lipinski definition) is 4. The minimum atomic E-state index is -0.516. The van der Waals surface area contributed by atoms with Crippen molar-refractivity contribution in [1.82, 2.24) is 20.9 Å². The molecule has 4 amide bonds. The Labute approximate surface area is 201 Å². The molecule has 8 nitrogen and oxygen atoms in total. The topological polar surface area (TPSA) is 117 Å². The lowest BCUT2D eigenvalue weighted by Crippen LogP contribution is -2.49. The monoisotopic (exact) mass is 465 g/mol. The number of imide groups is 1. The second-order valence-corrected chi connectivity index (χ2v) is 8.67. The lowest BCUT2D eigenvalue weighted by Gasteiger charge is -2.24. The van der Waals surface area contributed by atoms with Gasteiger partial charge < -0.3 is 16.4 Å². The summed E-state index contributed by atoms with van der Waals surface area (Å²) >= 11 is 0. The van der Waals surface area contributed by atoms with Gasteiger partial charge in [-0.25, -0.2) is 4.79 Å². The van der Waals surface area contributed by atoms with Gasteiger partial charge in [0.1, 0.15) is 0 Å². The molecule has 8 heteroatoms. The van der Waals surface area contributed by atoms with Crippen LogP contribution in [0.25, 0.3) is 0 Å². The minimum Gasteiger partial charge on any atom is -0.351 e. The van der Waals surface area contributed by atoms with Gasteiger partial charge in [0.2, 0.25) is 11.8 Å². The lowest BCUT2D eigenvalue weighted by molar-refractivity contribution is -0.124. The number of aryl methyl sites for hydroxylation is 1. The van der Waals surface area contributed by atoms with Crippen molar-refractivity contribution in [2.24, 2.45) is 5.73 Å². The third kappa shape index (κ3) is 7.40. The van der Waals surface area contributed by atoms with Crippen LogP contribution in [0, 0.1) is 0 Å². The molecule has 0 aliphatic carbocycles. The van der Waals surface area contributed by atoms with Gasteiger partial charge in [0, 0.05) is 12.6 Å². The first-order chi connectivity index (χ1) is 16.5. The highest BCUT2D eigenvalue weighted by Crippen LogP contribution is 2.21. The van der Waals surface area contributed by atoms with Crippen LogP contribution in [-0.4, -0.2) is 54.5 Å². The van der Waals surface area contributed by atoms with E-state index in [0.717, 1.165) is 18.4 Å². The molecular formula is C26H35N5O3. The lowest BCUT2D eigenvalue weighted by atomic mass is 9.99. The maximum absolute atomic E-state index is 13.0. The first-order valence-corrected chi connectivity index (χ1v) is 11.9. The van der Waals surface area contributed by atoms with Crippen molar-refractivity contribution >= 4 is 17.8 Å². The number of benzene rings is 2. The van der Waals surface area contributed by atoms with Gasteiger partial charge in [-0.2, -0.15) is 0 Å². The van der Waals surface area contributed by atoms with Gasteiger partial charge in [-0.3, -0.25) is 19.8 Å². The molecule has 0 bridgehead atoms. The fourth-order valence-corrected chi connectivity index (χ4v) is 4.45. The Morgan fingerprint density at radius 2 is 1.74 bits per heavy atom. The third-order valence-corrected chi connectivity index (χ3v) is 6.08. The van der Waals surface area contributed by atoms with Gasteiger partial charge in [0.15, 0.2) is 0 Å². The zero-order valence-corrected chi connectivity index (χ0v) is 19.7. The van der Waals surface area contributed by atoms with E-state index in [0.29, 0.717) is 25.9 Å². The van der Waals surface area contributed by atoms with Crippen molar-refractivity contribution in [2.75, 3.05) is 19.6 Å². The molecule has 1 aliphatic heterocycles. The standard InChI is InChI=1S/C26H35N5O3/c1-2-15-31-18-21(28-24(32)17-27)16-23(31)25(33)30-26(34)29-22(20-11-7-4-8-12-20)14-13-19-9-5-3-6-10-19/h3-12,21-23H,2,13-18,27H2,1H3,(H,28,32)(H2,29,30,33,34)/t21-,22?,23+/m0/s1. The molecule has 182 valence electrons. The fourth-order valence-electron chi connectivity index (χ4n) is 4.45. The van der Waals surface area contributed by atoms with Crippen LogP contribution in [-0.2, 0) is 16.0 Å². The van der Waals surface area contributed by atoms with E-state index in [4.69, 9.17) is 5.73 Å². The second kappa shape index (κ2) is 12.9. The predicted octanol–water partition coefficient (Wildman–Crippen LogP) is 2.11. The van der Waals surface area contributed by atoms with E-state index in [1.54, 1.807) is 0 Å². The van der Waals surface area contributed by atoms with Gasteiger partial charge in [0.25, 0.3) is 0 Å². The molecule has 3 atom stereocenters. The number of likely N-dealkylation sites (tertiary alicyclic amines) is 1. The van der Waals surface area contributed by atoms with Crippen molar-refractivity contribution in [3.63, 3.8) is 0 Å². The van der Waals surface area contributed by atoms with E-state index in [1.807, 2.05) is 60.4 Å². The molecule has 0 radical (unpaired) electrons. The van der Waals surface area contributed by atoms with E-state index in [2.05, 4.69) is 28.1 Å². The zero-order chi connectivity index (χ0) is 24.3. The quantitative estimate of drug-likeness (QED) is 0.429. The van der Waals surface area contributed by atoms with E-state index < -0.39 is 12.1 Å². The molecule has 2 aromatic carbocycles. The Hall–Kier alpha value is -3.23. The number of urea groups is 1. The molecule has 1 aliphatic rings. The smallest absolute Gasteiger partial charge is 0.321 e. The van der Waals surface area contributed by atoms with Gasteiger partial charge >= 0.3 is 6.03 Å². The number of rotatable bonds is 10. The normalized spacial score (nSPS) is 18.8. The maximum atomic E-state index is 13.0. The van der Waals surface area contributed by atoms with Crippen LogP contribution in [0.15, 0.2) is 60.7 Å². The van der Waals surface area contributed by atoms with Gasteiger partial charge in [-0.05, 0) is 43.4 Å². The van der Waals surface area contributed by atoms with Crippen LogP contribution in [0.3, 0.4) is 0 Å². The number of nitrogens with two attached hydrogens (primary N) is 1. The molecule has 1 fully saturated rings.